The smallest absolute Gasteiger partial charge is 0.240 e. The molecule has 0 aromatic heterocycles. The van der Waals surface area contributed by atoms with Gasteiger partial charge in [0.2, 0.25) is 5.91 Å². The molecule has 1 amide bonds. The zero-order chi connectivity index (χ0) is 14.6. The van der Waals surface area contributed by atoms with Gasteiger partial charge >= 0.3 is 0 Å². The number of methoxy groups -OCH3 is 1. The average molecular weight is 276 g/mol. The number of nitrogens with one attached hydrogen (secondary N) is 2. The molecule has 1 aliphatic rings. The lowest BCUT2D eigenvalue weighted by Crippen LogP contribution is -2.52. The summed E-state index contributed by atoms with van der Waals surface area (Å²) in [6.07, 6.45) is 2.83. The fourth-order valence-corrected chi connectivity index (χ4v) is 2.86. The molecule has 110 valence electrons. The Morgan fingerprint density at radius 3 is 2.85 bits per heavy atom. The first-order valence-corrected chi connectivity index (χ1v) is 7.28. The van der Waals surface area contributed by atoms with Crippen LogP contribution >= 0.6 is 0 Å². The monoisotopic (exact) mass is 276 g/mol. The molecule has 0 saturated carbocycles. The predicted octanol–water partition coefficient (Wildman–Crippen LogP) is 2.15. The Balaban J connectivity index is 1.98. The van der Waals surface area contributed by atoms with E-state index in [-0.39, 0.29) is 11.4 Å². The maximum Gasteiger partial charge on any atom is 0.240 e. The van der Waals surface area contributed by atoms with Gasteiger partial charge in [0.15, 0.2) is 0 Å². The summed E-state index contributed by atoms with van der Waals surface area (Å²) in [7, 11) is 1.67. The third kappa shape index (κ3) is 2.96. The van der Waals surface area contributed by atoms with E-state index in [4.69, 9.17) is 4.74 Å². The third-order valence-electron chi connectivity index (χ3n) is 4.19. The van der Waals surface area contributed by atoms with Crippen molar-refractivity contribution in [1.82, 2.24) is 10.6 Å². The van der Waals surface area contributed by atoms with Crippen molar-refractivity contribution in [3.8, 4) is 5.75 Å². The summed E-state index contributed by atoms with van der Waals surface area (Å²) in [6, 6.07) is 5.99. The molecular weight excluding hydrogens is 252 g/mol. The fraction of sp³-hybridized carbons (Fsp3) is 0.562. The van der Waals surface area contributed by atoms with E-state index in [0.29, 0.717) is 6.54 Å². The van der Waals surface area contributed by atoms with E-state index in [1.165, 1.54) is 0 Å². The van der Waals surface area contributed by atoms with E-state index in [1.54, 1.807) is 7.11 Å². The Hall–Kier alpha value is -1.55. The fourth-order valence-electron chi connectivity index (χ4n) is 2.86. The normalized spacial score (nSPS) is 21.8. The highest BCUT2D eigenvalue weighted by Gasteiger charge is 2.38. The van der Waals surface area contributed by atoms with Gasteiger partial charge in [0.1, 0.15) is 5.75 Å². The van der Waals surface area contributed by atoms with Crippen LogP contribution in [0.3, 0.4) is 0 Å². The maximum absolute atomic E-state index is 12.4. The molecule has 20 heavy (non-hydrogen) atoms. The van der Waals surface area contributed by atoms with Crippen LogP contribution in [0.2, 0.25) is 0 Å². The van der Waals surface area contributed by atoms with E-state index >= 15 is 0 Å². The SMILES string of the molecule is CC[C@]1(C(=O)NCc2ccc(OC)c(C)c2)CCCN1. The van der Waals surface area contributed by atoms with Gasteiger partial charge in [-0.3, -0.25) is 4.79 Å². The Morgan fingerprint density at radius 2 is 2.30 bits per heavy atom. The topological polar surface area (TPSA) is 50.4 Å². The number of rotatable bonds is 5. The summed E-state index contributed by atoms with van der Waals surface area (Å²) >= 11 is 0. The molecular formula is C16H24N2O2. The van der Waals surface area contributed by atoms with Gasteiger partial charge in [-0.1, -0.05) is 19.1 Å². The van der Waals surface area contributed by atoms with Gasteiger partial charge in [0.25, 0.3) is 0 Å². The van der Waals surface area contributed by atoms with Gasteiger partial charge in [-0.2, -0.15) is 0 Å². The Bertz CT molecular complexity index is 479. The third-order valence-corrected chi connectivity index (χ3v) is 4.19. The van der Waals surface area contributed by atoms with Crippen LogP contribution < -0.4 is 15.4 Å². The van der Waals surface area contributed by atoms with Crippen molar-refractivity contribution < 1.29 is 9.53 Å². The van der Waals surface area contributed by atoms with E-state index < -0.39 is 0 Å². The molecule has 1 aromatic carbocycles. The number of aryl methyl sites for hydroxylation is 1. The van der Waals surface area contributed by atoms with Crippen molar-refractivity contribution in [2.75, 3.05) is 13.7 Å². The van der Waals surface area contributed by atoms with Crippen LogP contribution in [-0.2, 0) is 11.3 Å². The summed E-state index contributed by atoms with van der Waals surface area (Å²) in [6.45, 7) is 5.57. The second-order valence-electron chi connectivity index (χ2n) is 5.45. The molecule has 1 saturated heterocycles. The highest BCUT2D eigenvalue weighted by Crippen LogP contribution is 2.23. The van der Waals surface area contributed by atoms with Crippen LogP contribution in [0.4, 0.5) is 0 Å². The highest BCUT2D eigenvalue weighted by atomic mass is 16.5. The summed E-state index contributed by atoms with van der Waals surface area (Å²) in [5.41, 5.74) is 1.82. The van der Waals surface area contributed by atoms with Crippen molar-refractivity contribution in [1.29, 1.82) is 0 Å². The van der Waals surface area contributed by atoms with E-state index in [1.807, 2.05) is 19.1 Å². The standard InChI is InChI=1S/C16H24N2O2/c1-4-16(8-5-9-18-16)15(19)17-11-13-6-7-14(20-3)12(2)10-13/h6-7,10,18H,4-5,8-9,11H2,1-3H3,(H,17,19)/t16-/m1/s1. The van der Waals surface area contributed by atoms with Crippen molar-refractivity contribution in [3.63, 3.8) is 0 Å². The summed E-state index contributed by atoms with van der Waals surface area (Å²) in [4.78, 5) is 12.4. The van der Waals surface area contributed by atoms with Crippen LogP contribution in [0.15, 0.2) is 18.2 Å². The van der Waals surface area contributed by atoms with Crippen molar-refractivity contribution in [2.24, 2.45) is 0 Å². The zero-order valence-electron chi connectivity index (χ0n) is 12.6. The minimum absolute atomic E-state index is 0.117. The molecule has 0 unspecified atom stereocenters. The second kappa shape index (κ2) is 6.27. The quantitative estimate of drug-likeness (QED) is 0.866. The van der Waals surface area contributed by atoms with Gasteiger partial charge < -0.3 is 15.4 Å². The van der Waals surface area contributed by atoms with Crippen LogP contribution in [0.25, 0.3) is 0 Å². The molecule has 0 aliphatic carbocycles. The Morgan fingerprint density at radius 1 is 1.50 bits per heavy atom. The van der Waals surface area contributed by atoms with Crippen LogP contribution in [-0.4, -0.2) is 25.1 Å². The zero-order valence-corrected chi connectivity index (χ0v) is 12.6. The average Bonchev–Trinajstić information content (AvgIpc) is 2.95. The van der Waals surface area contributed by atoms with Gasteiger partial charge in [-0.05, 0) is 49.9 Å². The second-order valence-corrected chi connectivity index (χ2v) is 5.45. The molecule has 0 spiro atoms. The van der Waals surface area contributed by atoms with Crippen LogP contribution in [0.1, 0.15) is 37.3 Å². The van der Waals surface area contributed by atoms with Gasteiger partial charge in [0.05, 0.1) is 12.6 Å². The van der Waals surface area contributed by atoms with Gasteiger partial charge in [-0.15, -0.1) is 0 Å². The molecule has 2 N–H and O–H groups in total. The first kappa shape index (κ1) is 14.9. The maximum atomic E-state index is 12.4. The van der Waals surface area contributed by atoms with Gasteiger partial charge in [-0.25, -0.2) is 0 Å². The first-order valence-electron chi connectivity index (χ1n) is 7.28. The molecule has 4 nitrogen and oxygen atoms in total. The molecule has 1 fully saturated rings. The van der Waals surface area contributed by atoms with Crippen molar-refractivity contribution in [2.45, 2.75) is 45.2 Å². The highest BCUT2D eigenvalue weighted by molar-refractivity contribution is 5.86. The molecule has 0 radical (unpaired) electrons. The summed E-state index contributed by atoms with van der Waals surface area (Å²) in [5.74, 6) is 0.994. The minimum atomic E-state index is -0.360. The lowest BCUT2D eigenvalue weighted by Gasteiger charge is -2.26. The van der Waals surface area contributed by atoms with E-state index in [9.17, 15) is 4.79 Å². The van der Waals surface area contributed by atoms with E-state index in [0.717, 1.165) is 42.7 Å². The molecule has 1 heterocycles. The summed E-state index contributed by atoms with van der Waals surface area (Å²) < 4.78 is 5.24. The molecule has 2 rings (SSSR count). The van der Waals surface area contributed by atoms with Crippen LogP contribution in [0.5, 0.6) is 5.75 Å². The van der Waals surface area contributed by atoms with Crippen molar-refractivity contribution in [3.05, 3.63) is 29.3 Å². The van der Waals surface area contributed by atoms with Crippen LogP contribution in [0, 0.1) is 6.92 Å². The number of benzene rings is 1. The number of hydrogen-bond acceptors (Lipinski definition) is 3. The summed E-state index contributed by atoms with van der Waals surface area (Å²) in [5, 5.41) is 6.41. The lowest BCUT2D eigenvalue weighted by molar-refractivity contribution is -0.127. The Kier molecular flexibility index (Phi) is 4.65. The number of carbonyl (C=O) groups is 1. The molecule has 1 aromatic rings. The van der Waals surface area contributed by atoms with E-state index in [2.05, 4.69) is 23.6 Å². The number of ether oxygens (including phenoxy) is 1. The largest absolute Gasteiger partial charge is 0.496 e. The predicted molar refractivity (Wildman–Crippen MR) is 79.8 cm³/mol. The molecule has 1 aliphatic heterocycles. The minimum Gasteiger partial charge on any atom is -0.496 e. The number of carbonyl (C=O) groups excluding carboxylic acids is 1. The first-order chi connectivity index (χ1) is 9.61. The molecule has 0 bridgehead atoms. The van der Waals surface area contributed by atoms with Crippen molar-refractivity contribution >= 4 is 5.91 Å². The number of amides is 1. The molecule has 4 heteroatoms. The Labute approximate surface area is 120 Å². The molecule has 1 atom stereocenters. The lowest BCUT2D eigenvalue weighted by atomic mass is 9.93. The van der Waals surface area contributed by atoms with Gasteiger partial charge in [0, 0.05) is 6.54 Å². The number of hydrogen-bond donors (Lipinski definition) is 2.